The number of benzene rings is 1. The molecule has 0 aliphatic carbocycles. The minimum atomic E-state index is -1.17. The molecule has 1 rings (SSSR count). The van der Waals surface area contributed by atoms with Crippen LogP contribution >= 0.6 is 34.8 Å². The summed E-state index contributed by atoms with van der Waals surface area (Å²) in [5, 5.41) is 11.9. The standard InChI is InChI=1S/C12H10Cl3NO3/c1-5(6(2)12(18)19)11(17)16-10-8(14)3-7(13)4-9(10)15/h3-4H,1-2H3,(H,16,17)(H,18,19). The van der Waals surface area contributed by atoms with E-state index in [9.17, 15) is 9.59 Å². The number of aliphatic carboxylic acids is 1. The average molecular weight is 323 g/mol. The van der Waals surface area contributed by atoms with E-state index in [2.05, 4.69) is 5.32 Å². The molecule has 0 atom stereocenters. The molecule has 4 nitrogen and oxygen atoms in total. The summed E-state index contributed by atoms with van der Waals surface area (Å²) in [7, 11) is 0. The van der Waals surface area contributed by atoms with Gasteiger partial charge in [-0.1, -0.05) is 34.8 Å². The second kappa shape index (κ2) is 6.28. The summed E-state index contributed by atoms with van der Waals surface area (Å²) < 4.78 is 0. The van der Waals surface area contributed by atoms with E-state index in [0.717, 1.165) is 0 Å². The fourth-order valence-corrected chi connectivity index (χ4v) is 2.11. The molecule has 0 bridgehead atoms. The quantitative estimate of drug-likeness (QED) is 0.826. The van der Waals surface area contributed by atoms with Gasteiger partial charge in [0.25, 0.3) is 5.91 Å². The van der Waals surface area contributed by atoms with E-state index >= 15 is 0 Å². The molecule has 0 unspecified atom stereocenters. The number of hydrogen-bond donors (Lipinski definition) is 2. The molecular formula is C12H10Cl3NO3. The molecule has 2 N–H and O–H groups in total. The van der Waals surface area contributed by atoms with Crippen molar-refractivity contribution in [2.24, 2.45) is 0 Å². The Labute approximate surface area is 125 Å². The van der Waals surface area contributed by atoms with Crippen LogP contribution in [0, 0.1) is 0 Å². The molecule has 0 saturated carbocycles. The predicted molar refractivity (Wildman–Crippen MR) is 76.1 cm³/mol. The zero-order chi connectivity index (χ0) is 14.7. The Balaban J connectivity index is 3.08. The van der Waals surface area contributed by atoms with E-state index in [1.165, 1.54) is 26.0 Å². The van der Waals surface area contributed by atoms with Crippen LogP contribution in [0.3, 0.4) is 0 Å². The first-order valence-corrected chi connectivity index (χ1v) is 6.24. The lowest BCUT2D eigenvalue weighted by Gasteiger charge is -2.10. The van der Waals surface area contributed by atoms with Gasteiger partial charge in [0.15, 0.2) is 0 Å². The van der Waals surface area contributed by atoms with Gasteiger partial charge < -0.3 is 10.4 Å². The van der Waals surface area contributed by atoms with Crippen molar-refractivity contribution in [3.63, 3.8) is 0 Å². The van der Waals surface area contributed by atoms with E-state index in [0.29, 0.717) is 5.02 Å². The zero-order valence-electron chi connectivity index (χ0n) is 10.1. The van der Waals surface area contributed by atoms with Crippen molar-refractivity contribution >= 4 is 52.4 Å². The number of amides is 1. The second-order valence-corrected chi connectivity index (χ2v) is 5.00. The molecule has 102 valence electrons. The summed E-state index contributed by atoms with van der Waals surface area (Å²) in [6.45, 7) is 2.73. The Bertz CT molecular complexity index is 559. The number of halogens is 3. The van der Waals surface area contributed by atoms with E-state index in [4.69, 9.17) is 39.9 Å². The molecule has 1 amide bonds. The van der Waals surface area contributed by atoms with Crippen LogP contribution in [0.4, 0.5) is 5.69 Å². The third-order valence-electron chi connectivity index (χ3n) is 2.47. The first kappa shape index (κ1) is 15.8. The van der Waals surface area contributed by atoms with Crippen LogP contribution in [0.5, 0.6) is 0 Å². The number of anilines is 1. The highest BCUT2D eigenvalue weighted by molar-refractivity contribution is 6.42. The average Bonchev–Trinajstić information content (AvgIpc) is 2.31. The van der Waals surface area contributed by atoms with Gasteiger partial charge in [-0.3, -0.25) is 4.79 Å². The third-order valence-corrected chi connectivity index (χ3v) is 3.28. The van der Waals surface area contributed by atoms with Gasteiger partial charge in [-0.15, -0.1) is 0 Å². The van der Waals surface area contributed by atoms with Crippen LogP contribution in [-0.2, 0) is 9.59 Å². The highest BCUT2D eigenvalue weighted by Crippen LogP contribution is 2.33. The van der Waals surface area contributed by atoms with Gasteiger partial charge in [0.05, 0.1) is 15.7 Å². The normalized spacial score (nSPS) is 11.8. The third kappa shape index (κ3) is 3.86. The number of hydrogen-bond acceptors (Lipinski definition) is 2. The summed E-state index contributed by atoms with van der Waals surface area (Å²) in [5.74, 6) is -1.76. The molecule has 0 fully saturated rings. The van der Waals surface area contributed by atoms with Crippen molar-refractivity contribution in [2.75, 3.05) is 5.32 Å². The van der Waals surface area contributed by atoms with Gasteiger partial charge in [0.2, 0.25) is 0 Å². The SMILES string of the molecule is CC(C(=O)O)=C(C)C(=O)Nc1c(Cl)cc(Cl)cc1Cl. The lowest BCUT2D eigenvalue weighted by molar-refractivity contribution is -0.133. The molecule has 0 saturated heterocycles. The first-order valence-electron chi connectivity index (χ1n) is 5.10. The maximum atomic E-state index is 11.9. The van der Waals surface area contributed by atoms with E-state index in [-0.39, 0.29) is 26.9 Å². The number of nitrogens with one attached hydrogen (secondary N) is 1. The van der Waals surface area contributed by atoms with Gasteiger partial charge >= 0.3 is 5.97 Å². The van der Waals surface area contributed by atoms with Crippen molar-refractivity contribution in [2.45, 2.75) is 13.8 Å². The Kier molecular flexibility index (Phi) is 5.23. The van der Waals surface area contributed by atoms with Gasteiger partial charge in [-0.05, 0) is 26.0 Å². The van der Waals surface area contributed by atoms with Crippen molar-refractivity contribution < 1.29 is 14.7 Å². The van der Waals surface area contributed by atoms with Crippen molar-refractivity contribution in [1.82, 2.24) is 0 Å². The van der Waals surface area contributed by atoms with Crippen LogP contribution in [-0.4, -0.2) is 17.0 Å². The lowest BCUT2D eigenvalue weighted by Crippen LogP contribution is -2.16. The molecule has 0 spiro atoms. The van der Waals surface area contributed by atoms with Crippen LogP contribution in [0.25, 0.3) is 0 Å². The highest BCUT2D eigenvalue weighted by Gasteiger charge is 2.16. The van der Waals surface area contributed by atoms with Gasteiger partial charge in [-0.2, -0.15) is 0 Å². The van der Waals surface area contributed by atoms with Crippen molar-refractivity contribution in [1.29, 1.82) is 0 Å². The Morgan fingerprint density at radius 1 is 1.05 bits per heavy atom. The fraction of sp³-hybridized carbons (Fsp3) is 0.167. The highest BCUT2D eigenvalue weighted by atomic mass is 35.5. The molecule has 1 aromatic carbocycles. The maximum absolute atomic E-state index is 11.9. The van der Waals surface area contributed by atoms with Gasteiger partial charge in [0.1, 0.15) is 0 Å². The number of carbonyl (C=O) groups is 2. The molecule has 0 aromatic heterocycles. The van der Waals surface area contributed by atoms with Gasteiger partial charge in [0, 0.05) is 16.2 Å². The van der Waals surface area contributed by atoms with Gasteiger partial charge in [-0.25, -0.2) is 4.79 Å². The first-order chi connectivity index (χ1) is 8.73. The Morgan fingerprint density at radius 3 is 1.95 bits per heavy atom. The zero-order valence-corrected chi connectivity index (χ0v) is 12.3. The molecule has 7 heteroatoms. The van der Waals surface area contributed by atoms with Crippen LogP contribution in [0.2, 0.25) is 15.1 Å². The van der Waals surface area contributed by atoms with E-state index < -0.39 is 11.9 Å². The minimum Gasteiger partial charge on any atom is -0.478 e. The number of carbonyl (C=O) groups excluding carboxylic acids is 1. The predicted octanol–water partition coefficient (Wildman–Crippen LogP) is 4.01. The van der Waals surface area contributed by atoms with Crippen LogP contribution in [0.1, 0.15) is 13.8 Å². The van der Waals surface area contributed by atoms with E-state index in [1.54, 1.807) is 0 Å². The summed E-state index contributed by atoms with van der Waals surface area (Å²) in [5.41, 5.74) is 0.198. The Hall–Kier alpha value is -1.23. The second-order valence-electron chi connectivity index (χ2n) is 3.75. The van der Waals surface area contributed by atoms with Crippen LogP contribution in [0.15, 0.2) is 23.3 Å². The number of carboxylic acid groups (broad SMARTS) is 1. The number of carboxylic acids is 1. The largest absolute Gasteiger partial charge is 0.478 e. The fourth-order valence-electron chi connectivity index (χ4n) is 1.20. The molecular weight excluding hydrogens is 312 g/mol. The molecule has 19 heavy (non-hydrogen) atoms. The Morgan fingerprint density at radius 2 is 1.53 bits per heavy atom. The van der Waals surface area contributed by atoms with E-state index in [1.807, 2.05) is 0 Å². The summed E-state index contributed by atoms with van der Waals surface area (Å²) in [6, 6.07) is 2.85. The van der Waals surface area contributed by atoms with Crippen molar-refractivity contribution in [3.05, 3.63) is 38.3 Å². The minimum absolute atomic E-state index is 0.0568. The smallest absolute Gasteiger partial charge is 0.331 e. The topological polar surface area (TPSA) is 66.4 Å². The monoisotopic (exact) mass is 321 g/mol. The molecule has 0 radical (unpaired) electrons. The molecule has 0 aliphatic heterocycles. The molecule has 0 aliphatic rings. The summed E-state index contributed by atoms with van der Waals surface area (Å²) in [4.78, 5) is 22.6. The maximum Gasteiger partial charge on any atom is 0.331 e. The molecule has 0 heterocycles. The summed E-state index contributed by atoms with van der Waals surface area (Å²) in [6.07, 6.45) is 0. The molecule has 1 aromatic rings. The van der Waals surface area contributed by atoms with Crippen molar-refractivity contribution in [3.8, 4) is 0 Å². The lowest BCUT2D eigenvalue weighted by atomic mass is 10.1. The van der Waals surface area contributed by atoms with Crippen LogP contribution < -0.4 is 5.32 Å². The summed E-state index contributed by atoms with van der Waals surface area (Å²) >= 11 is 17.6. The number of rotatable bonds is 3.